The van der Waals surface area contributed by atoms with E-state index in [1.165, 1.54) is 11.1 Å². The molecule has 19 heavy (non-hydrogen) atoms. The Balaban J connectivity index is 1.79. The smallest absolute Gasteiger partial charge is 0.257 e. The molecule has 2 heterocycles. The molecule has 5 heteroatoms. The number of nitrogens with one attached hydrogen (secondary N) is 1. The van der Waals surface area contributed by atoms with Gasteiger partial charge in [0, 0.05) is 31.6 Å². The van der Waals surface area contributed by atoms with Crippen molar-refractivity contribution >= 4 is 0 Å². The van der Waals surface area contributed by atoms with Gasteiger partial charge in [0.1, 0.15) is 0 Å². The topological polar surface area (TPSA) is 54.2 Å². The quantitative estimate of drug-likeness (QED) is 0.899. The zero-order valence-corrected chi connectivity index (χ0v) is 11.3. The Morgan fingerprint density at radius 1 is 1.26 bits per heavy atom. The Hall–Kier alpha value is -1.72. The zero-order valence-electron chi connectivity index (χ0n) is 11.3. The van der Waals surface area contributed by atoms with Crippen LogP contribution in [0.4, 0.5) is 0 Å². The summed E-state index contributed by atoms with van der Waals surface area (Å²) in [7, 11) is 4.07. The van der Waals surface area contributed by atoms with Gasteiger partial charge in [0.05, 0.1) is 0 Å². The lowest BCUT2D eigenvalue weighted by atomic mass is 10.1. The molecule has 0 fully saturated rings. The van der Waals surface area contributed by atoms with Gasteiger partial charge in [-0.3, -0.25) is 0 Å². The molecule has 0 aliphatic carbocycles. The zero-order chi connectivity index (χ0) is 13.2. The monoisotopic (exact) mass is 258 g/mol. The maximum absolute atomic E-state index is 5.34. The molecule has 2 aromatic rings. The van der Waals surface area contributed by atoms with E-state index in [0.717, 1.165) is 37.4 Å². The van der Waals surface area contributed by atoms with Crippen molar-refractivity contribution in [2.24, 2.45) is 0 Å². The van der Waals surface area contributed by atoms with Gasteiger partial charge in [-0.15, -0.1) is 0 Å². The van der Waals surface area contributed by atoms with Gasteiger partial charge in [-0.05, 0) is 37.4 Å². The van der Waals surface area contributed by atoms with Gasteiger partial charge in [0.15, 0.2) is 5.82 Å². The van der Waals surface area contributed by atoms with E-state index >= 15 is 0 Å². The lowest BCUT2D eigenvalue weighted by Crippen LogP contribution is -2.15. The predicted octanol–water partition coefficient (Wildman–Crippen LogP) is 1.44. The summed E-state index contributed by atoms with van der Waals surface area (Å²) in [5, 5.41) is 7.36. The fraction of sp³-hybridized carbons (Fsp3) is 0.429. The van der Waals surface area contributed by atoms with Crippen molar-refractivity contribution < 1.29 is 4.52 Å². The minimum Gasteiger partial charge on any atom is -0.334 e. The van der Waals surface area contributed by atoms with E-state index in [-0.39, 0.29) is 0 Å². The van der Waals surface area contributed by atoms with Crippen molar-refractivity contribution in [3.63, 3.8) is 0 Å². The molecule has 0 unspecified atom stereocenters. The van der Waals surface area contributed by atoms with Gasteiger partial charge in [-0.1, -0.05) is 11.2 Å². The van der Waals surface area contributed by atoms with Crippen molar-refractivity contribution in [1.29, 1.82) is 0 Å². The Kier molecular flexibility index (Phi) is 3.31. The van der Waals surface area contributed by atoms with E-state index in [9.17, 15) is 0 Å². The largest absolute Gasteiger partial charge is 0.334 e. The van der Waals surface area contributed by atoms with Crippen LogP contribution >= 0.6 is 0 Å². The average Bonchev–Trinajstić information content (AvgIpc) is 3.04. The van der Waals surface area contributed by atoms with E-state index in [1.54, 1.807) is 0 Å². The molecule has 1 aromatic heterocycles. The van der Waals surface area contributed by atoms with E-state index in [0.29, 0.717) is 5.89 Å². The minimum absolute atomic E-state index is 0.614. The van der Waals surface area contributed by atoms with Crippen molar-refractivity contribution in [2.45, 2.75) is 19.5 Å². The maximum atomic E-state index is 5.34. The second-order valence-corrected chi connectivity index (χ2v) is 5.16. The summed E-state index contributed by atoms with van der Waals surface area (Å²) < 4.78 is 5.34. The molecule has 3 rings (SSSR count). The average molecular weight is 258 g/mol. The molecule has 0 amide bonds. The summed E-state index contributed by atoms with van der Waals surface area (Å²) in [5.74, 6) is 1.38. The maximum Gasteiger partial charge on any atom is 0.257 e. The van der Waals surface area contributed by atoms with Crippen molar-refractivity contribution in [2.75, 3.05) is 20.6 Å². The normalized spacial score (nSPS) is 14.1. The van der Waals surface area contributed by atoms with Crippen molar-refractivity contribution in [1.82, 2.24) is 20.4 Å². The van der Waals surface area contributed by atoms with Gasteiger partial charge in [0.25, 0.3) is 5.89 Å². The molecule has 0 atom stereocenters. The Morgan fingerprint density at radius 2 is 2.11 bits per heavy atom. The number of rotatable bonds is 4. The molecule has 1 aliphatic rings. The first-order valence-corrected chi connectivity index (χ1v) is 6.52. The Labute approximate surface area is 112 Å². The molecule has 1 aliphatic heterocycles. The number of likely N-dealkylation sites (N-methyl/N-ethyl adjacent to an activating group) is 1. The summed E-state index contributed by atoms with van der Waals surface area (Å²) in [6.45, 7) is 2.80. The number of hydrogen-bond acceptors (Lipinski definition) is 5. The van der Waals surface area contributed by atoms with Crippen LogP contribution in [0.5, 0.6) is 0 Å². The Morgan fingerprint density at radius 3 is 2.95 bits per heavy atom. The number of nitrogens with zero attached hydrogens (tertiary/aromatic N) is 3. The van der Waals surface area contributed by atoms with Gasteiger partial charge in [0.2, 0.25) is 0 Å². The first-order valence-electron chi connectivity index (χ1n) is 6.52. The van der Waals surface area contributed by atoms with Crippen LogP contribution in [0.2, 0.25) is 0 Å². The summed E-state index contributed by atoms with van der Waals surface area (Å²) in [6.07, 6.45) is 0.809. The molecule has 0 saturated heterocycles. The summed E-state index contributed by atoms with van der Waals surface area (Å²) in [5.41, 5.74) is 3.69. The molecule has 1 aromatic carbocycles. The number of hydrogen-bond donors (Lipinski definition) is 1. The van der Waals surface area contributed by atoms with Gasteiger partial charge in [-0.25, -0.2) is 0 Å². The lowest BCUT2D eigenvalue weighted by Gasteiger charge is -2.05. The molecule has 1 N–H and O–H groups in total. The highest BCUT2D eigenvalue weighted by Crippen LogP contribution is 2.23. The first-order chi connectivity index (χ1) is 9.22. The highest BCUT2D eigenvalue weighted by Gasteiger charge is 2.14. The van der Waals surface area contributed by atoms with Crippen LogP contribution in [-0.4, -0.2) is 35.7 Å². The first kappa shape index (κ1) is 12.3. The third-order valence-corrected chi connectivity index (χ3v) is 3.33. The van der Waals surface area contributed by atoms with Crippen molar-refractivity contribution in [3.05, 3.63) is 35.2 Å². The molecule has 0 bridgehead atoms. The molecule has 100 valence electrons. The lowest BCUT2D eigenvalue weighted by molar-refractivity contribution is 0.392. The summed E-state index contributed by atoms with van der Waals surface area (Å²) in [4.78, 5) is 6.56. The number of aromatic nitrogens is 2. The second-order valence-electron chi connectivity index (χ2n) is 5.16. The van der Waals surface area contributed by atoms with Crippen LogP contribution in [0.3, 0.4) is 0 Å². The number of fused-ring (bicyclic) bond motifs is 1. The molecule has 0 saturated carbocycles. The third-order valence-electron chi connectivity index (χ3n) is 3.33. The predicted molar refractivity (Wildman–Crippen MR) is 72.5 cm³/mol. The molecular formula is C14H18N4O. The summed E-state index contributed by atoms with van der Waals surface area (Å²) >= 11 is 0. The Bertz CT molecular complexity index is 577. The number of benzene rings is 1. The minimum atomic E-state index is 0.614. The van der Waals surface area contributed by atoms with Crippen LogP contribution in [0.1, 0.15) is 17.0 Å². The second kappa shape index (κ2) is 5.11. The molecular weight excluding hydrogens is 240 g/mol. The van der Waals surface area contributed by atoms with Crippen LogP contribution in [-0.2, 0) is 19.5 Å². The highest BCUT2D eigenvalue weighted by molar-refractivity contribution is 5.56. The standard InChI is InChI=1S/C14H18N4O/c1-18(2)6-5-13-16-14(19-17-13)10-3-4-11-8-15-9-12(11)7-10/h3-4,7,15H,5-6,8-9H2,1-2H3. The van der Waals surface area contributed by atoms with Gasteiger partial charge in [-0.2, -0.15) is 4.98 Å². The van der Waals surface area contributed by atoms with E-state index in [4.69, 9.17) is 4.52 Å². The highest BCUT2D eigenvalue weighted by atomic mass is 16.5. The van der Waals surface area contributed by atoms with E-state index in [1.807, 2.05) is 14.1 Å². The van der Waals surface area contributed by atoms with Crippen LogP contribution in [0, 0.1) is 0 Å². The molecule has 5 nitrogen and oxygen atoms in total. The van der Waals surface area contributed by atoms with Crippen LogP contribution < -0.4 is 5.32 Å². The fourth-order valence-corrected chi connectivity index (χ4v) is 2.22. The third kappa shape index (κ3) is 2.67. The van der Waals surface area contributed by atoms with E-state index < -0.39 is 0 Å². The van der Waals surface area contributed by atoms with E-state index in [2.05, 4.69) is 38.6 Å². The molecule has 0 radical (unpaired) electrons. The van der Waals surface area contributed by atoms with Gasteiger partial charge < -0.3 is 14.7 Å². The van der Waals surface area contributed by atoms with Crippen LogP contribution in [0.25, 0.3) is 11.5 Å². The molecule has 0 spiro atoms. The van der Waals surface area contributed by atoms with Gasteiger partial charge >= 0.3 is 0 Å². The van der Waals surface area contributed by atoms with Crippen LogP contribution in [0.15, 0.2) is 22.7 Å². The SMILES string of the molecule is CN(C)CCc1noc(-c2ccc3c(c2)CNC3)n1. The van der Waals surface area contributed by atoms with Crippen molar-refractivity contribution in [3.8, 4) is 11.5 Å². The summed E-state index contributed by atoms with van der Waals surface area (Å²) in [6, 6.07) is 6.32. The fourth-order valence-electron chi connectivity index (χ4n) is 2.22.